The minimum absolute atomic E-state index is 0.583. The number of hydrogen-bond acceptors (Lipinski definition) is 5. The molecule has 4 nitrogen and oxygen atoms in total. The van der Waals surface area contributed by atoms with E-state index in [1.165, 1.54) is 0 Å². The first-order valence-electron chi connectivity index (χ1n) is 6.16. The third kappa shape index (κ3) is 2.22. The zero-order valence-corrected chi connectivity index (χ0v) is 12.0. The van der Waals surface area contributed by atoms with E-state index in [2.05, 4.69) is 21.4 Å². The zero-order valence-electron chi connectivity index (χ0n) is 11.1. The summed E-state index contributed by atoms with van der Waals surface area (Å²) in [7, 11) is 0. The summed E-state index contributed by atoms with van der Waals surface area (Å²) in [5.41, 5.74) is 6.12. The second kappa shape index (κ2) is 4.91. The summed E-state index contributed by atoms with van der Waals surface area (Å²) in [6, 6.07) is 10.1. The van der Waals surface area contributed by atoms with Crippen molar-refractivity contribution in [2.75, 3.05) is 5.32 Å². The highest BCUT2D eigenvalue weighted by molar-refractivity contribution is 7.16. The number of pyridine rings is 1. The van der Waals surface area contributed by atoms with Crippen molar-refractivity contribution in [1.82, 2.24) is 9.97 Å². The quantitative estimate of drug-likeness (QED) is 0.772. The molecule has 0 bridgehead atoms. The van der Waals surface area contributed by atoms with Crippen LogP contribution in [0.3, 0.4) is 0 Å². The lowest BCUT2D eigenvalue weighted by Gasteiger charge is -2.10. The molecule has 0 atom stereocenters. The normalized spacial score (nSPS) is 10.4. The average molecular weight is 280 g/mol. The number of anilines is 2. The molecule has 0 spiro atoms. The number of nitrogens with zero attached hydrogens (tertiary/aromatic N) is 3. The average Bonchev–Trinajstić information content (AvgIpc) is 2.85. The molecule has 1 aromatic carbocycles. The van der Waals surface area contributed by atoms with Gasteiger partial charge in [0.1, 0.15) is 11.9 Å². The minimum atomic E-state index is 0.583. The van der Waals surface area contributed by atoms with Crippen LogP contribution in [-0.2, 0) is 0 Å². The molecule has 5 heteroatoms. The molecule has 0 saturated heterocycles. The Morgan fingerprint density at radius 1 is 1.25 bits per heavy atom. The van der Waals surface area contributed by atoms with Crippen LogP contribution in [-0.4, -0.2) is 9.97 Å². The Labute approximate surface area is 120 Å². The minimum Gasteiger partial charge on any atom is -0.339 e. The van der Waals surface area contributed by atoms with Crippen molar-refractivity contribution in [2.45, 2.75) is 13.8 Å². The van der Waals surface area contributed by atoms with Gasteiger partial charge in [-0.15, -0.1) is 11.3 Å². The van der Waals surface area contributed by atoms with Crippen LogP contribution in [0.2, 0.25) is 0 Å². The zero-order chi connectivity index (χ0) is 14.1. The van der Waals surface area contributed by atoms with Crippen LogP contribution in [0.1, 0.15) is 16.8 Å². The molecule has 1 N–H and O–H groups in total. The Kier molecular flexibility index (Phi) is 3.09. The van der Waals surface area contributed by atoms with Crippen LogP contribution in [0.5, 0.6) is 0 Å². The predicted octanol–water partition coefficient (Wildman–Crippen LogP) is 3.92. The van der Waals surface area contributed by atoms with Gasteiger partial charge in [-0.25, -0.2) is 9.97 Å². The summed E-state index contributed by atoms with van der Waals surface area (Å²) in [6.45, 7) is 3.84. The molecule has 0 aliphatic carbocycles. The van der Waals surface area contributed by atoms with Gasteiger partial charge >= 0.3 is 0 Å². The van der Waals surface area contributed by atoms with Crippen molar-refractivity contribution in [3.63, 3.8) is 0 Å². The monoisotopic (exact) mass is 280 g/mol. The maximum absolute atomic E-state index is 9.27. The Bertz CT molecular complexity index is 829. The Morgan fingerprint density at radius 3 is 2.90 bits per heavy atom. The maximum atomic E-state index is 9.27. The fourth-order valence-corrected chi connectivity index (χ4v) is 2.85. The standard InChI is InChI=1S/C15H12N4S/c1-9-5-10(2)18-15(12(9)7-16)19-11-3-4-13-14(6-11)20-8-17-13/h3-6,8H,1-2H3,(H,18,19). The fourth-order valence-electron chi connectivity index (χ4n) is 2.14. The van der Waals surface area contributed by atoms with Gasteiger partial charge in [-0.1, -0.05) is 0 Å². The van der Waals surface area contributed by atoms with E-state index < -0.39 is 0 Å². The van der Waals surface area contributed by atoms with Crippen LogP contribution >= 0.6 is 11.3 Å². The first-order chi connectivity index (χ1) is 9.67. The molecule has 3 rings (SSSR count). The first-order valence-corrected chi connectivity index (χ1v) is 7.04. The molecule has 0 aliphatic heterocycles. The van der Waals surface area contributed by atoms with Crippen molar-refractivity contribution in [1.29, 1.82) is 5.26 Å². The summed E-state index contributed by atoms with van der Waals surface area (Å²) in [6.07, 6.45) is 0. The van der Waals surface area contributed by atoms with E-state index >= 15 is 0 Å². The Hall–Kier alpha value is -2.45. The van der Waals surface area contributed by atoms with Gasteiger partial charge in [0.2, 0.25) is 0 Å². The number of fused-ring (bicyclic) bond motifs is 1. The molecule has 0 aliphatic rings. The molecule has 0 saturated carbocycles. The number of benzene rings is 1. The number of thiazole rings is 1. The number of nitriles is 1. The van der Waals surface area contributed by atoms with Gasteiger partial charge in [0, 0.05) is 11.4 Å². The molecule has 98 valence electrons. The predicted molar refractivity (Wildman–Crippen MR) is 81.3 cm³/mol. The van der Waals surface area contributed by atoms with E-state index in [4.69, 9.17) is 0 Å². The summed E-state index contributed by atoms with van der Waals surface area (Å²) >= 11 is 1.59. The molecular formula is C15H12N4S. The van der Waals surface area contributed by atoms with Gasteiger partial charge < -0.3 is 5.32 Å². The Balaban J connectivity index is 2.04. The van der Waals surface area contributed by atoms with Crippen LogP contribution in [0.4, 0.5) is 11.5 Å². The smallest absolute Gasteiger partial charge is 0.148 e. The summed E-state index contributed by atoms with van der Waals surface area (Å²) < 4.78 is 1.11. The third-order valence-electron chi connectivity index (χ3n) is 3.05. The number of aromatic nitrogens is 2. The van der Waals surface area contributed by atoms with Crippen LogP contribution in [0, 0.1) is 25.2 Å². The van der Waals surface area contributed by atoms with Gasteiger partial charge in [0.25, 0.3) is 0 Å². The third-order valence-corrected chi connectivity index (χ3v) is 3.84. The van der Waals surface area contributed by atoms with Crippen LogP contribution < -0.4 is 5.32 Å². The van der Waals surface area contributed by atoms with Crippen LogP contribution in [0.25, 0.3) is 10.2 Å². The van der Waals surface area contributed by atoms with Gasteiger partial charge in [0.15, 0.2) is 0 Å². The molecule has 0 radical (unpaired) electrons. The summed E-state index contributed by atoms with van der Waals surface area (Å²) in [4.78, 5) is 8.67. The first kappa shape index (κ1) is 12.6. The molecule has 2 aromatic heterocycles. The second-order valence-electron chi connectivity index (χ2n) is 4.58. The second-order valence-corrected chi connectivity index (χ2v) is 5.46. The Morgan fingerprint density at radius 2 is 2.10 bits per heavy atom. The lowest BCUT2D eigenvalue weighted by molar-refractivity contribution is 1.16. The van der Waals surface area contributed by atoms with E-state index in [1.807, 2.05) is 43.6 Å². The highest BCUT2D eigenvalue weighted by Gasteiger charge is 2.09. The van der Waals surface area contributed by atoms with Crippen LogP contribution in [0.15, 0.2) is 29.8 Å². The molecule has 20 heavy (non-hydrogen) atoms. The molecule has 0 unspecified atom stereocenters. The number of rotatable bonds is 2. The largest absolute Gasteiger partial charge is 0.339 e. The van der Waals surface area contributed by atoms with Crippen molar-refractivity contribution < 1.29 is 0 Å². The maximum Gasteiger partial charge on any atom is 0.148 e. The molecule has 0 fully saturated rings. The fraction of sp³-hybridized carbons (Fsp3) is 0.133. The van der Waals surface area contributed by atoms with E-state index in [1.54, 1.807) is 11.3 Å². The lowest BCUT2D eigenvalue weighted by Crippen LogP contribution is -2.00. The molecular weight excluding hydrogens is 268 g/mol. The number of hydrogen-bond donors (Lipinski definition) is 1. The van der Waals surface area contributed by atoms with Crippen molar-refractivity contribution in [3.05, 3.63) is 46.6 Å². The molecule has 2 heterocycles. The molecule has 0 amide bonds. The van der Waals surface area contributed by atoms with Gasteiger partial charge in [-0.3, -0.25) is 0 Å². The van der Waals surface area contributed by atoms with Crippen molar-refractivity contribution in [2.24, 2.45) is 0 Å². The highest BCUT2D eigenvalue weighted by atomic mass is 32.1. The van der Waals surface area contributed by atoms with Gasteiger partial charge in [-0.2, -0.15) is 5.26 Å². The summed E-state index contributed by atoms with van der Waals surface area (Å²) in [5, 5.41) is 12.5. The lowest BCUT2D eigenvalue weighted by atomic mass is 10.1. The molecule has 3 aromatic rings. The van der Waals surface area contributed by atoms with E-state index in [0.717, 1.165) is 27.2 Å². The van der Waals surface area contributed by atoms with Gasteiger partial charge in [-0.05, 0) is 43.7 Å². The van der Waals surface area contributed by atoms with Crippen molar-refractivity contribution >= 4 is 33.1 Å². The summed E-state index contributed by atoms with van der Waals surface area (Å²) in [5.74, 6) is 0.605. The SMILES string of the molecule is Cc1cc(C)c(C#N)c(Nc2ccc3ncsc3c2)n1. The van der Waals surface area contributed by atoms with E-state index in [9.17, 15) is 5.26 Å². The van der Waals surface area contributed by atoms with E-state index in [-0.39, 0.29) is 0 Å². The van der Waals surface area contributed by atoms with E-state index in [0.29, 0.717) is 11.4 Å². The van der Waals surface area contributed by atoms with Gasteiger partial charge in [0.05, 0.1) is 21.3 Å². The number of aryl methyl sites for hydroxylation is 2. The number of nitrogens with one attached hydrogen (secondary N) is 1. The highest BCUT2D eigenvalue weighted by Crippen LogP contribution is 2.26. The topological polar surface area (TPSA) is 61.6 Å². The van der Waals surface area contributed by atoms with Crippen molar-refractivity contribution in [3.8, 4) is 6.07 Å².